The van der Waals surface area contributed by atoms with E-state index in [2.05, 4.69) is 0 Å². The van der Waals surface area contributed by atoms with Gasteiger partial charge in [-0.15, -0.1) is 0 Å². The predicted octanol–water partition coefficient (Wildman–Crippen LogP) is 1.54. The van der Waals surface area contributed by atoms with Crippen LogP contribution >= 0.6 is 0 Å². The number of fused-ring (bicyclic) bond motifs is 1. The van der Waals surface area contributed by atoms with Gasteiger partial charge in [0.05, 0.1) is 6.42 Å². The van der Waals surface area contributed by atoms with Crippen molar-refractivity contribution >= 4 is 5.97 Å². The highest BCUT2D eigenvalue weighted by Gasteiger charge is 2.52. The summed E-state index contributed by atoms with van der Waals surface area (Å²) in [7, 11) is 0. The summed E-state index contributed by atoms with van der Waals surface area (Å²) >= 11 is 0. The zero-order valence-electron chi connectivity index (χ0n) is 8.52. The van der Waals surface area contributed by atoms with Crippen LogP contribution in [0.3, 0.4) is 0 Å². The largest absolute Gasteiger partial charge is 0.481 e. The second-order valence-electron chi connectivity index (χ2n) is 5.07. The van der Waals surface area contributed by atoms with E-state index in [4.69, 9.17) is 5.11 Å². The van der Waals surface area contributed by atoms with Crippen LogP contribution in [0, 0.1) is 27.4 Å². The summed E-state index contributed by atoms with van der Waals surface area (Å²) in [5, 5.41) is 19.4. The number of carboxylic acids is 1. The van der Waals surface area contributed by atoms with E-state index in [1.54, 1.807) is 0 Å². The first-order valence-corrected chi connectivity index (χ1v) is 5.34. The molecular formula is C10H15NO4. The van der Waals surface area contributed by atoms with Crippen molar-refractivity contribution in [1.82, 2.24) is 0 Å². The maximum Gasteiger partial charge on any atom is 0.304 e. The molecule has 0 spiro atoms. The molecule has 0 aromatic heterocycles. The third-order valence-electron chi connectivity index (χ3n) is 3.96. The molecule has 84 valence electrons. The van der Waals surface area contributed by atoms with Gasteiger partial charge in [0.2, 0.25) is 6.54 Å². The fourth-order valence-corrected chi connectivity index (χ4v) is 3.30. The van der Waals surface area contributed by atoms with Crippen LogP contribution in [0.2, 0.25) is 0 Å². The summed E-state index contributed by atoms with van der Waals surface area (Å²) < 4.78 is 0. The molecule has 0 bridgehead atoms. The van der Waals surface area contributed by atoms with Gasteiger partial charge < -0.3 is 5.11 Å². The number of nitro groups is 1. The highest BCUT2D eigenvalue weighted by Crippen LogP contribution is 2.56. The number of hydrogen-bond acceptors (Lipinski definition) is 3. The van der Waals surface area contributed by atoms with E-state index in [-0.39, 0.29) is 17.9 Å². The molecular weight excluding hydrogens is 198 g/mol. The van der Waals surface area contributed by atoms with E-state index in [1.165, 1.54) is 0 Å². The predicted molar refractivity (Wildman–Crippen MR) is 52.0 cm³/mol. The lowest BCUT2D eigenvalue weighted by Crippen LogP contribution is -2.30. The third-order valence-corrected chi connectivity index (χ3v) is 3.96. The van der Waals surface area contributed by atoms with Crippen LogP contribution in [0.5, 0.6) is 0 Å². The Morgan fingerprint density at radius 1 is 1.40 bits per heavy atom. The highest BCUT2D eigenvalue weighted by molar-refractivity contribution is 5.67. The Kier molecular flexibility index (Phi) is 2.40. The lowest BCUT2D eigenvalue weighted by molar-refractivity contribution is -0.497. The van der Waals surface area contributed by atoms with Crippen molar-refractivity contribution in [2.45, 2.75) is 32.1 Å². The molecule has 0 aromatic rings. The molecule has 2 saturated carbocycles. The zero-order chi connectivity index (χ0) is 11.1. The van der Waals surface area contributed by atoms with E-state index < -0.39 is 11.4 Å². The van der Waals surface area contributed by atoms with Crippen LogP contribution in [-0.4, -0.2) is 22.5 Å². The lowest BCUT2D eigenvalue weighted by Gasteiger charge is -2.29. The van der Waals surface area contributed by atoms with Crippen molar-refractivity contribution in [3.63, 3.8) is 0 Å². The standard InChI is InChI=1S/C10H15NO4/c12-9(13)5-10(6-11(14)15)3-7-1-2-8(7)4-10/h7-8H,1-6H2,(H,12,13)/t7-,8-/m0/s1. The van der Waals surface area contributed by atoms with Crippen molar-refractivity contribution in [1.29, 1.82) is 0 Å². The number of aliphatic carboxylic acids is 1. The van der Waals surface area contributed by atoms with Crippen LogP contribution in [0.15, 0.2) is 0 Å². The van der Waals surface area contributed by atoms with Gasteiger partial charge in [0.25, 0.3) is 0 Å². The van der Waals surface area contributed by atoms with Gasteiger partial charge in [-0.05, 0) is 37.5 Å². The quantitative estimate of drug-likeness (QED) is 0.567. The van der Waals surface area contributed by atoms with E-state index in [9.17, 15) is 14.9 Å². The minimum absolute atomic E-state index is 0.0407. The maximum absolute atomic E-state index is 10.8. The molecule has 2 aliphatic rings. The topological polar surface area (TPSA) is 80.4 Å². The van der Waals surface area contributed by atoms with Gasteiger partial charge in [0.15, 0.2) is 0 Å². The monoisotopic (exact) mass is 213 g/mol. The summed E-state index contributed by atoms with van der Waals surface area (Å²) in [5.41, 5.74) is -0.554. The Balaban J connectivity index is 2.08. The number of carbonyl (C=O) groups is 1. The molecule has 0 saturated heterocycles. The molecule has 2 atom stereocenters. The first-order valence-electron chi connectivity index (χ1n) is 5.34. The maximum atomic E-state index is 10.8. The van der Waals surface area contributed by atoms with Gasteiger partial charge in [-0.3, -0.25) is 14.9 Å². The van der Waals surface area contributed by atoms with E-state index >= 15 is 0 Å². The summed E-state index contributed by atoms with van der Waals surface area (Å²) in [5.74, 6) is 0.215. The summed E-state index contributed by atoms with van der Waals surface area (Å²) in [6, 6.07) is 0. The lowest BCUT2D eigenvalue weighted by atomic mass is 9.77. The second-order valence-corrected chi connectivity index (χ2v) is 5.07. The molecule has 15 heavy (non-hydrogen) atoms. The molecule has 0 unspecified atom stereocenters. The van der Waals surface area contributed by atoms with Crippen molar-refractivity contribution in [3.05, 3.63) is 10.1 Å². The number of nitrogens with zero attached hydrogens (tertiary/aromatic N) is 1. The minimum atomic E-state index is -0.904. The first-order chi connectivity index (χ1) is 7.01. The highest BCUT2D eigenvalue weighted by atomic mass is 16.6. The minimum Gasteiger partial charge on any atom is -0.481 e. The fraction of sp³-hybridized carbons (Fsp3) is 0.900. The van der Waals surface area contributed by atoms with Gasteiger partial charge in [-0.1, -0.05) is 0 Å². The average Bonchev–Trinajstić information content (AvgIpc) is 2.26. The molecule has 5 heteroatoms. The first kappa shape index (κ1) is 10.4. The van der Waals surface area contributed by atoms with Crippen molar-refractivity contribution in [3.8, 4) is 0 Å². The van der Waals surface area contributed by atoms with Crippen LogP contribution < -0.4 is 0 Å². The average molecular weight is 213 g/mol. The molecule has 2 rings (SSSR count). The zero-order valence-corrected chi connectivity index (χ0v) is 8.52. The molecule has 0 amide bonds. The number of rotatable bonds is 4. The van der Waals surface area contributed by atoms with Gasteiger partial charge in [-0.25, -0.2) is 0 Å². The molecule has 2 fully saturated rings. The molecule has 2 aliphatic carbocycles. The Bertz CT molecular complexity index is 272. The molecule has 5 nitrogen and oxygen atoms in total. The Labute approximate surface area is 87.6 Å². The van der Waals surface area contributed by atoms with Gasteiger partial charge in [-0.2, -0.15) is 0 Å². The van der Waals surface area contributed by atoms with Crippen LogP contribution in [0.25, 0.3) is 0 Å². The van der Waals surface area contributed by atoms with Crippen LogP contribution in [-0.2, 0) is 4.79 Å². The normalized spacial score (nSPS) is 31.7. The fourth-order valence-electron chi connectivity index (χ4n) is 3.30. The van der Waals surface area contributed by atoms with Crippen LogP contribution in [0.4, 0.5) is 0 Å². The number of carboxylic acid groups (broad SMARTS) is 1. The van der Waals surface area contributed by atoms with E-state index in [1.807, 2.05) is 0 Å². The Hall–Kier alpha value is -1.13. The van der Waals surface area contributed by atoms with Crippen molar-refractivity contribution < 1.29 is 14.8 Å². The third kappa shape index (κ3) is 1.96. The van der Waals surface area contributed by atoms with Gasteiger partial charge >= 0.3 is 5.97 Å². The summed E-state index contributed by atoms with van der Waals surface area (Å²) in [6.07, 6.45) is 3.70. The molecule has 0 aliphatic heterocycles. The molecule has 1 N–H and O–H groups in total. The second kappa shape index (κ2) is 3.47. The molecule has 0 aromatic carbocycles. The van der Waals surface area contributed by atoms with E-state index in [0.29, 0.717) is 11.8 Å². The summed E-state index contributed by atoms with van der Waals surface area (Å²) in [4.78, 5) is 21.0. The molecule has 0 radical (unpaired) electrons. The van der Waals surface area contributed by atoms with Crippen molar-refractivity contribution in [2.75, 3.05) is 6.54 Å². The number of hydrogen-bond donors (Lipinski definition) is 1. The van der Waals surface area contributed by atoms with Gasteiger partial charge in [0, 0.05) is 10.3 Å². The van der Waals surface area contributed by atoms with Crippen molar-refractivity contribution in [2.24, 2.45) is 17.3 Å². The Morgan fingerprint density at radius 2 is 1.93 bits per heavy atom. The smallest absolute Gasteiger partial charge is 0.304 e. The van der Waals surface area contributed by atoms with Crippen LogP contribution in [0.1, 0.15) is 32.1 Å². The molecule has 0 heterocycles. The van der Waals surface area contributed by atoms with Gasteiger partial charge in [0.1, 0.15) is 0 Å². The summed E-state index contributed by atoms with van der Waals surface area (Å²) in [6.45, 7) is -0.174. The Morgan fingerprint density at radius 3 is 2.27 bits per heavy atom. The SMILES string of the molecule is O=C(O)CC1(C[N+](=O)[O-])C[C@@H]2CC[C@H]2C1. The van der Waals surface area contributed by atoms with E-state index in [0.717, 1.165) is 25.7 Å².